The number of methoxy groups -OCH3 is 2. The van der Waals surface area contributed by atoms with E-state index in [4.69, 9.17) is 40.6 Å². The molecule has 9 nitrogen and oxygen atoms in total. The van der Waals surface area contributed by atoms with E-state index in [1.807, 2.05) is 60.7 Å². The third-order valence-corrected chi connectivity index (χ3v) is 6.39. The van der Waals surface area contributed by atoms with Crippen LogP contribution in [0.25, 0.3) is 0 Å². The van der Waals surface area contributed by atoms with Gasteiger partial charge < -0.3 is 33.5 Å². The number of rotatable bonds is 13. The third kappa shape index (κ3) is 7.11. The zero-order chi connectivity index (χ0) is 27.6. The first-order valence-corrected chi connectivity index (χ1v) is 12.7. The van der Waals surface area contributed by atoms with Crippen molar-refractivity contribution in [1.29, 1.82) is 0 Å². The maximum Gasteiger partial charge on any atom is 0.266 e. The minimum Gasteiger partial charge on any atom is -0.468 e. The predicted octanol–water partition coefficient (Wildman–Crippen LogP) is 4.16. The molecular formula is C29H31NO8S. The van der Waals surface area contributed by atoms with E-state index in [-0.39, 0.29) is 32.0 Å². The number of amides is 1. The first-order valence-electron chi connectivity index (χ1n) is 12.3. The lowest BCUT2D eigenvalue weighted by Gasteiger charge is -2.29. The van der Waals surface area contributed by atoms with E-state index in [0.717, 1.165) is 11.1 Å². The van der Waals surface area contributed by atoms with Gasteiger partial charge in [-0.2, -0.15) is 0 Å². The number of hydrogen-bond acceptors (Lipinski definition) is 9. The molecule has 0 saturated carbocycles. The molecule has 0 bridgehead atoms. The van der Waals surface area contributed by atoms with Gasteiger partial charge in [0.25, 0.3) is 11.1 Å². The van der Waals surface area contributed by atoms with Crippen LogP contribution in [-0.2, 0) is 30.3 Å². The van der Waals surface area contributed by atoms with Crippen LogP contribution in [0.1, 0.15) is 28.8 Å². The Morgan fingerprint density at radius 3 is 2.28 bits per heavy atom. The minimum atomic E-state index is -1.37. The van der Waals surface area contributed by atoms with E-state index in [9.17, 15) is 9.90 Å². The monoisotopic (exact) mass is 553 g/mol. The molecule has 0 aromatic heterocycles. The Morgan fingerprint density at radius 2 is 1.62 bits per heavy atom. The van der Waals surface area contributed by atoms with E-state index in [2.05, 4.69) is 0 Å². The summed E-state index contributed by atoms with van der Waals surface area (Å²) in [6.45, 7) is 0.248. The first-order chi connectivity index (χ1) is 19.0. The molecular weight excluding hydrogens is 522 g/mol. The standard InChI is InChI=1S/C29H31NO8S/c1-33-18-37-24-14-13-22(15-25(24)38-19-34-2)26(31)27(35-16-20-9-5-3-6-10-20)28(32)30-23(17-36-29(30)39)21-11-7-4-8-12-21/h3-15,23,26-27,31H,16-19H2,1-2H3/t23-,26-,27+/m1/s1. The number of aliphatic hydroxyl groups is 1. The number of hydrogen-bond donors (Lipinski definition) is 1. The molecule has 0 spiro atoms. The smallest absolute Gasteiger partial charge is 0.266 e. The average Bonchev–Trinajstić information content (AvgIpc) is 3.37. The summed E-state index contributed by atoms with van der Waals surface area (Å²) in [5.41, 5.74) is 2.08. The molecule has 4 rings (SSSR count). The van der Waals surface area contributed by atoms with Crippen molar-refractivity contribution in [2.45, 2.75) is 24.9 Å². The number of benzene rings is 3. The molecule has 1 heterocycles. The molecule has 3 aromatic carbocycles. The first kappa shape index (κ1) is 28.5. The highest BCUT2D eigenvalue weighted by molar-refractivity contribution is 7.80. The van der Waals surface area contributed by atoms with E-state index in [1.165, 1.54) is 19.1 Å². The van der Waals surface area contributed by atoms with Gasteiger partial charge in [-0.15, -0.1) is 0 Å². The van der Waals surface area contributed by atoms with Crippen molar-refractivity contribution >= 4 is 23.3 Å². The van der Waals surface area contributed by atoms with Crippen LogP contribution in [0.2, 0.25) is 0 Å². The minimum absolute atomic E-state index is 0.000179. The van der Waals surface area contributed by atoms with Gasteiger partial charge in [0, 0.05) is 14.2 Å². The molecule has 39 heavy (non-hydrogen) atoms. The molecule has 0 unspecified atom stereocenters. The number of ether oxygens (including phenoxy) is 6. The van der Waals surface area contributed by atoms with Gasteiger partial charge in [0.15, 0.2) is 31.2 Å². The number of thiocarbonyl (C=S) groups is 1. The van der Waals surface area contributed by atoms with Crippen LogP contribution in [-0.4, -0.2) is 61.6 Å². The summed E-state index contributed by atoms with van der Waals surface area (Å²) in [4.78, 5) is 15.4. The summed E-state index contributed by atoms with van der Waals surface area (Å²) in [5, 5.41) is 11.6. The normalized spacial score (nSPS) is 16.4. The van der Waals surface area contributed by atoms with Crippen LogP contribution in [0, 0.1) is 0 Å². The van der Waals surface area contributed by atoms with Crippen molar-refractivity contribution in [2.24, 2.45) is 0 Å². The maximum atomic E-state index is 14.0. The molecule has 0 aliphatic carbocycles. The highest BCUT2D eigenvalue weighted by Gasteiger charge is 2.42. The zero-order valence-electron chi connectivity index (χ0n) is 21.7. The molecule has 1 amide bonds. The highest BCUT2D eigenvalue weighted by atomic mass is 32.1. The lowest BCUT2D eigenvalue weighted by molar-refractivity contribution is -0.150. The maximum absolute atomic E-state index is 14.0. The second-order valence-electron chi connectivity index (χ2n) is 8.68. The van der Waals surface area contributed by atoms with Crippen molar-refractivity contribution in [2.75, 3.05) is 34.4 Å². The van der Waals surface area contributed by atoms with Crippen LogP contribution in [0.5, 0.6) is 11.5 Å². The van der Waals surface area contributed by atoms with E-state index >= 15 is 0 Å². The highest BCUT2D eigenvalue weighted by Crippen LogP contribution is 2.35. The van der Waals surface area contributed by atoms with Crippen molar-refractivity contribution in [3.05, 3.63) is 95.6 Å². The number of nitrogens with zero attached hydrogens (tertiary/aromatic N) is 1. The fourth-order valence-corrected chi connectivity index (χ4v) is 4.43. The quantitative estimate of drug-likeness (QED) is 0.247. The number of aliphatic hydroxyl groups excluding tert-OH is 1. The van der Waals surface area contributed by atoms with Gasteiger partial charge >= 0.3 is 0 Å². The van der Waals surface area contributed by atoms with Crippen molar-refractivity contribution in [1.82, 2.24) is 4.90 Å². The Kier molecular flexibility index (Phi) is 10.2. The zero-order valence-corrected chi connectivity index (χ0v) is 22.5. The summed E-state index contributed by atoms with van der Waals surface area (Å²) < 4.78 is 32.9. The molecule has 10 heteroatoms. The van der Waals surface area contributed by atoms with E-state index in [1.54, 1.807) is 18.2 Å². The van der Waals surface area contributed by atoms with E-state index < -0.39 is 24.2 Å². The van der Waals surface area contributed by atoms with Crippen molar-refractivity contribution < 1.29 is 38.3 Å². The molecule has 1 aliphatic heterocycles. The van der Waals surface area contributed by atoms with E-state index in [0.29, 0.717) is 17.1 Å². The Morgan fingerprint density at radius 1 is 0.974 bits per heavy atom. The largest absolute Gasteiger partial charge is 0.468 e. The number of carbonyl (C=O) groups excluding carboxylic acids is 1. The summed E-state index contributed by atoms with van der Waals surface area (Å²) >= 11 is 5.40. The van der Waals surface area contributed by atoms with Crippen LogP contribution >= 0.6 is 12.2 Å². The van der Waals surface area contributed by atoms with Crippen LogP contribution < -0.4 is 9.47 Å². The summed E-state index contributed by atoms with van der Waals surface area (Å²) in [7, 11) is 2.99. The van der Waals surface area contributed by atoms with Crippen molar-refractivity contribution in [3.63, 3.8) is 0 Å². The predicted molar refractivity (Wildman–Crippen MR) is 146 cm³/mol. The van der Waals surface area contributed by atoms with Crippen LogP contribution in [0.15, 0.2) is 78.9 Å². The van der Waals surface area contributed by atoms with Gasteiger partial charge in [0.2, 0.25) is 0 Å². The molecule has 206 valence electrons. The molecule has 3 aromatic rings. The Balaban J connectivity index is 1.65. The second-order valence-corrected chi connectivity index (χ2v) is 9.03. The number of carbonyl (C=O) groups is 1. The Bertz CT molecular complexity index is 1230. The lowest BCUT2D eigenvalue weighted by Crippen LogP contribution is -2.45. The molecule has 1 fully saturated rings. The van der Waals surface area contributed by atoms with Gasteiger partial charge in [0.1, 0.15) is 12.7 Å². The van der Waals surface area contributed by atoms with Gasteiger partial charge in [-0.05, 0) is 41.0 Å². The van der Waals surface area contributed by atoms with Gasteiger partial charge in [-0.3, -0.25) is 9.69 Å². The Hall–Kier alpha value is -3.54. The molecule has 1 N–H and O–H groups in total. The Labute approximate surface area is 232 Å². The summed E-state index contributed by atoms with van der Waals surface area (Å²) in [6.07, 6.45) is -2.68. The average molecular weight is 554 g/mol. The third-order valence-electron chi connectivity index (χ3n) is 6.07. The van der Waals surface area contributed by atoms with Gasteiger partial charge in [-0.25, -0.2) is 0 Å². The SMILES string of the molecule is COCOc1ccc([C@@H](O)[C@H](OCc2ccccc2)C(=O)N2C(=S)OC[C@@H]2c2ccccc2)cc1OCOC. The topological polar surface area (TPSA) is 95.9 Å². The summed E-state index contributed by atoms with van der Waals surface area (Å²) in [5.74, 6) is 0.173. The van der Waals surface area contributed by atoms with Gasteiger partial charge in [-0.1, -0.05) is 66.7 Å². The van der Waals surface area contributed by atoms with Crippen LogP contribution in [0.4, 0.5) is 0 Å². The fraction of sp³-hybridized carbons (Fsp3) is 0.310. The van der Waals surface area contributed by atoms with Crippen LogP contribution in [0.3, 0.4) is 0 Å². The molecule has 1 saturated heterocycles. The molecule has 0 radical (unpaired) electrons. The van der Waals surface area contributed by atoms with Crippen molar-refractivity contribution in [3.8, 4) is 11.5 Å². The molecule has 3 atom stereocenters. The summed E-state index contributed by atoms with van der Waals surface area (Å²) in [6, 6.07) is 23.2. The second kappa shape index (κ2) is 14.0. The van der Waals surface area contributed by atoms with Gasteiger partial charge in [0.05, 0.1) is 12.6 Å². The fourth-order valence-electron chi connectivity index (χ4n) is 4.14. The lowest BCUT2D eigenvalue weighted by atomic mass is 10.0. The molecule has 1 aliphatic rings.